The normalized spacial score (nSPS) is 10.7. The van der Waals surface area contributed by atoms with E-state index in [4.69, 9.17) is 4.74 Å². The van der Waals surface area contributed by atoms with Gasteiger partial charge < -0.3 is 9.30 Å². The van der Waals surface area contributed by atoms with E-state index in [9.17, 15) is 14.0 Å². The van der Waals surface area contributed by atoms with Crippen LogP contribution in [0, 0.1) is 19.7 Å². The predicted octanol–water partition coefficient (Wildman–Crippen LogP) is 3.92. The lowest BCUT2D eigenvalue weighted by Crippen LogP contribution is -2.15. The third-order valence-electron chi connectivity index (χ3n) is 4.64. The summed E-state index contributed by atoms with van der Waals surface area (Å²) in [6.45, 7) is 4.14. The standard InChI is InChI=1S/C22H21FN2O3/c1-15-12-20(21(26)14-28-22(27)18-4-3-10-24-13-18)16(2)25(15)11-9-17-5-7-19(23)8-6-17/h3-8,10,12-13H,9,11,14H2,1-2H3. The van der Waals surface area contributed by atoms with Crippen molar-refractivity contribution in [3.8, 4) is 0 Å². The second-order valence-electron chi connectivity index (χ2n) is 6.55. The number of carbonyl (C=O) groups is 2. The Balaban J connectivity index is 1.64. The highest BCUT2D eigenvalue weighted by atomic mass is 19.1. The van der Waals surface area contributed by atoms with Gasteiger partial charge in [-0.1, -0.05) is 12.1 Å². The van der Waals surface area contributed by atoms with Gasteiger partial charge in [-0.05, 0) is 56.2 Å². The Morgan fingerprint density at radius 2 is 1.89 bits per heavy atom. The van der Waals surface area contributed by atoms with Crippen molar-refractivity contribution in [2.75, 3.05) is 6.61 Å². The number of pyridine rings is 1. The number of esters is 1. The van der Waals surface area contributed by atoms with Crippen LogP contribution in [0.25, 0.3) is 0 Å². The van der Waals surface area contributed by atoms with Crippen molar-refractivity contribution in [1.29, 1.82) is 0 Å². The highest BCUT2D eigenvalue weighted by molar-refractivity contribution is 6.00. The minimum absolute atomic E-state index is 0.252. The molecule has 2 aromatic heterocycles. The number of halogens is 1. The van der Waals surface area contributed by atoms with E-state index in [1.807, 2.05) is 18.4 Å². The number of benzene rings is 1. The summed E-state index contributed by atoms with van der Waals surface area (Å²) in [5, 5.41) is 0. The summed E-state index contributed by atoms with van der Waals surface area (Å²) in [5.41, 5.74) is 3.63. The van der Waals surface area contributed by atoms with E-state index in [0.29, 0.717) is 17.7 Å². The zero-order valence-corrected chi connectivity index (χ0v) is 15.8. The van der Waals surface area contributed by atoms with Gasteiger partial charge in [-0.3, -0.25) is 9.78 Å². The van der Waals surface area contributed by atoms with Crippen LogP contribution in [0.1, 0.15) is 37.7 Å². The van der Waals surface area contributed by atoms with Gasteiger partial charge in [-0.2, -0.15) is 0 Å². The Bertz CT molecular complexity index is 979. The lowest BCUT2D eigenvalue weighted by atomic mass is 10.1. The Kier molecular flexibility index (Phi) is 5.99. The molecular weight excluding hydrogens is 359 g/mol. The summed E-state index contributed by atoms with van der Waals surface area (Å²) in [6, 6.07) is 11.4. The molecule has 1 aromatic carbocycles. The van der Waals surface area contributed by atoms with Gasteiger partial charge >= 0.3 is 5.97 Å². The summed E-state index contributed by atoms with van der Waals surface area (Å²) < 4.78 is 20.2. The monoisotopic (exact) mass is 380 g/mol. The maximum atomic E-state index is 13.0. The molecule has 6 heteroatoms. The zero-order chi connectivity index (χ0) is 20.1. The third kappa shape index (κ3) is 4.52. The summed E-state index contributed by atoms with van der Waals surface area (Å²) >= 11 is 0. The molecule has 0 bridgehead atoms. The van der Waals surface area contributed by atoms with E-state index >= 15 is 0 Å². The predicted molar refractivity (Wildman–Crippen MR) is 103 cm³/mol. The fourth-order valence-corrected chi connectivity index (χ4v) is 3.10. The largest absolute Gasteiger partial charge is 0.454 e. The van der Waals surface area contributed by atoms with Gasteiger partial charge in [0.25, 0.3) is 0 Å². The van der Waals surface area contributed by atoms with E-state index < -0.39 is 5.97 Å². The van der Waals surface area contributed by atoms with Crippen LogP contribution in [0.3, 0.4) is 0 Å². The molecule has 0 atom stereocenters. The molecule has 0 N–H and O–H groups in total. The number of rotatable bonds is 7. The molecule has 3 aromatic rings. The number of Topliss-reactive ketones (excluding diaryl/α,β-unsaturated/α-hetero) is 1. The number of hydrogen-bond acceptors (Lipinski definition) is 4. The average Bonchev–Trinajstić information content (AvgIpc) is 3.00. The number of aryl methyl sites for hydroxylation is 2. The van der Waals surface area contributed by atoms with Crippen molar-refractivity contribution >= 4 is 11.8 Å². The Morgan fingerprint density at radius 1 is 1.14 bits per heavy atom. The summed E-state index contributed by atoms with van der Waals surface area (Å²) in [5.74, 6) is -1.09. The van der Waals surface area contributed by atoms with E-state index in [1.165, 1.54) is 18.3 Å². The highest BCUT2D eigenvalue weighted by Gasteiger charge is 2.18. The SMILES string of the molecule is Cc1cc(C(=O)COC(=O)c2cccnc2)c(C)n1CCc1ccc(F)cc1. The van der Waals surface area contributed by atoms with E-state index in [0.717, 1.165) is 23.4 Å². The van der Waals surface area contributed by atoms with E-state index in [2.05, 4.69) is 4.98 Å². The molecule has 0 spiro atoms. The van der Waals surface area contributed by atoms with Crippen molar-refractivity contribution in [3.05, 3.63) is 88.8 Å². The van der Waals surface area contributed by atoms with Crippen LogP contribution >= 0.6 is 0 Å². The number of ether oxygens (including phenoxy) is 1. The summed E-state index contributed by atoms with van der Waals surface area (Å²) in [6.07, 6.45) is 3.68. The molecule has 0 saturated carbocycles. The molecule has 3 rings (SSSR count). The number of carbonyl (C=O) groups excluding carboxylic acids is 2. The fraction of sp³-hybridized carbons (Fsp3) is 0.227. The smallest absolute Gasteiger partial charge is 0.340 e. The van der Waals surface area contributed by atoms with Gasteiger partial charge in [-0.25, -0.2) is 9.18 Å². The fourth-order valence-electron chi connectivity index (χ4n) is 3.10. The molecule has 0 unspecified atom stereocenters. The maximum Gasteiger partial charge on any atom is 0.340 e. The van der Waals surface area contributed by atoms with Gasteiger partial charge in [0.15, 0.2) is 6.61 Å². The molecule has 144 valence electrons. The maximum absolute atomic E-state index is 13.0. The average molecular weight is 380 g/mol. The van der Waals surface area contributed by atoms with Gasteiger partial charge in [0.2, 0.25) is 5.78 Å². The molecule has 0 fully saturated rings. The van der Waals surface area contributed by atoms with E-state index in [1.54, 1.807) is 36.5 Å². The molecule has 28 heavy (non-hydrogen) atoms. The second kappa shape index (κ2) is 8.61. The topological polar surface area (TPSA) is 61.2 Å². The van der Waals surface area contributed by atoms with E-state index in [-0.39, 0.29) is 18.2 Å². The zero-order valence-electron chi connectivity index (χ0n) is 15.8. The van der Waals surface area contributed by atoms with Crippen molar-refractivity contribution in [3.63, 3.8) is 0 Å². The first-order valence-electron chi connectivity index (χ1n) is 8.97. The quantitative estimate of drug-likeness (QED) is 0.460. The first kappa shape index (κ1) is 19.5. The Hall–Kier alpha value is -3.28. The number of aromatic nitrogens is 2. The molecular formula is C22H21FN2O3. The van der Waals surface area contributed by atoms with Crippen molar-refractivity contribution in [2.45, 2.75) is 26.8 Å². The third-order valence-corrected chi connectivity index (χ3v) is 4.64. The molecule has 0 aliphatic rings. The molecule has 0 radical (unpaired) electrons. The molecule has 0 aliphatic heterocycles. The van der Waals surface area contributed by atoms with Crippen molar-refractivity contribution in [1.82, 2.24) is 9.55 Å². The molecule has 0 aliphatic carbocycles. The van der Waals surface area contributed by atoms with Gasteiger partial charge in [0.1, 0.15) is 5.82 Å². The minimum atomic E-state index is -0.577. The van der Waals surface area contributed by atoms with Crippen LogP contribution in [0.2, 0.25) is 0 Å². The summed E-state index contributed by atoms with van der Waals surface area (Å²) in [4.78, 5) is 28.4. The number of nitrogens with zero attached hydrogens (tertiary/aromatic N) is 2. The van der Waals surface area contributed by atoms with Crippen LogP contribution in [-0.2, 0) is 17.7 Å². The molecule has 0 saturated heterocycles. The van der Waals surface area contributed by atoms with Crippen LogP contribution in [0.15, 0.2) is 54.9 Å². The highest BCUT2D eigenvalue weighted by Crippen LogP contribution is 2.17. The van der Waals surface area contributed by atoms with Gasteiger partial charge in [0, 0.05) is 35.9 Å². The van der Waals surface area contributed by atoms with Crippen LogP contribution < -0.4 is 0 Å². The lowest BCUT2D eigenvalue weighted by molar-refractivity contribution is 0.0474. The molecule has 0 amide bonds. The number of ketones is 1. The Morgan fingerprint density at radius 3 is 2.57 bits per heavy atom. The van der Waals surface area contributed by atoms with Crippen molar-refractivity contribution in [2.24, 2.45) is 0 Å². The second-order valence-corrected chi connectivity index (χ2v) is 6.55. The molecule has 2 heterocycles. The van der Waals surface area contributed by atoms with Gasteiger partial charge in [0.05, 0.1) is 5.56 Å². The van der Waals surface area contributed by atoms with Gasteiger partial charge in [-0.15, -0.1) is 0 Å². The van der Waals surface area contributed by atoms with Crippen LogP contribution in [0.5, 0.6) is 0 Å². The first-order valence-corrected chi connectivity index (χ1v) is 8.97. The Labute approximate surface area is 162 Å². The van der Waals surface area contributed by atoms with Crippen LogP contribution in [0.4, 0.5) is 4.39 Å². The first-order chi connectivity index (χ1) is 13.5. The van der Waals surface area contributed by atoms with Crippen LogP contribution in [-0.4, -0.2) is 27.9 Å². The minimum Gasteiger partial charge on any atom is -0.454 e. The molecule has 5 nitrogen and oxygen atoms in total. The number of hydrogen-bond donors (Lipinski definition) is 0. The lowest BCUT2D eigenvalue weighted by Gasteiger charge is -2.10. The van der Waals surface area contributed by atoms with Crippen molar-refractivity contribution < 1.29 is 18.7 Å². The summed E-state index contributed by atoms with van der Waals surface area (Å²) in [7, 11) is 0.